The fraction of sp³-hybridized carbons (Fsp3) is 0.250. The summed E-state index contributed by atoms with van der Waals surface area (Å²) in [5.74, 6) is 0.227. The molecule has 116 valence electrons. The van der Waals surface area contributed by atoms with Crippen molar-refractivity contribution in [3.05, 3.63) is 59.5 Å². The molecule has 22 heavy (non-hydrogen) atoms. The third kappa shape index (κ3) is 4.44. The van der Waals surface area contributed by atoms with Crippen molar-refractivity contribution in [3.63, 3.8) is 0 Å². The van der Waals surface area contributed by atoms with Gasteiger partial charge in [-0.1, -0.05) is 18.2 Å². The van der Waals surface area contributed by atoms with Gasteiger partial charge < -0.3 is 15.4 Å². The first kappa shape index (κ1) is 15.8. The molecule has 0 aliphatic rings. The summed E-state index contributed by atoms with van der Waals surface area (Å²) >= 11 is 0. The van der Waals surface area contributed by atoms with Gasteiger partial charge in [0.1, 0.15) is 5.82 Å². The van der Waals surface area contributed by atoms with Crippen molar-refractivity contribution in [1.82, 2.24) is 15.6 Å². The van der Waals surface area contributed by atoms with Gasteiger partial charge in [-0.2, -0.15) is 0 Å². The van der Waals surface area contributed by atoms with Crippen LogP contribution in [0.15, 0.2) is 42.6 Å². The highest BCUT2D eigenvalue weighted by Crippen LogP contribution is 2.12. The average Bonchev–Trinajstić information content (AvgIpc) is 2.54. The Morgan fingerprint density at radius 3 is 2.59 bits per heavy atom. The van der Waals surface area contributed by atoms with E-state index in [1.54, 1.807) is 31.5 Å². The molecule has 0 aliphatic heterocycles. The van der Waals surface area contributed by atoms with Crippen molar-refractivity contribution in [1.29, 1.82) is 0 Å². The van der Waals surface area contributed by atoms with Crippen molar-refractivity contribution in [3.8, 4) is 5.88 Å². The molecule has 2 N–H and O–H groups in total. The molecule has 1 aromatic carbocycles. The van der Waals surface area contributed by atoms with Crippen LogP contribution in [-0.2, 0) is 6.54 Å². The highest BCUT2D eigenvalue weighted by atomic mass is 19.1. The Hall–Kier alpha value is -2.63. The molecule has 1 unspecified atom stereocenters. The molecule has 0 bridgehead atoms. The smallest absolute Gasteiger partial charge is 0.315 e. The Labute approximate surface area is 128 Å². The molecule has 1 aromatic heterocycles. The van der Waals surface area contributed by atoms with Crippen LogP contribution in [0.3, 0.4) is 0 Å². The van der Waals surface area contributed by atoms with Crippen LogP contribution in [-0.4, -0.2) is 18.1 Å². The van der Waals surface area contributed by atoms with Crippen LogP contribution < -0.4 is 15.4 Å². The highest BCUT2D eigenvalue weighted by Gasteiger charge is 2.09. The quantitative estimate of drug-likeness (QED) is 0.893. The zero-order valence-electron chi connectivity index (χ0n) is 12.5. The van der Waals surface area contributed by atoms with Gasteiger partial charge in [0.15, 0.2) is 0 Å². The summed E-state index contributed by atoms with van der Waals surface area (Å²) < 4.78 is 17.8. The Morgan fingerprint density at radius 2 is 2.00 bits per heavy atom. The Bertz CT molecular complexity index is 614. The van der Waals surface area contributed by atoms with Crippen LogP contribution in [0.1, 0.15) is 24.1 Å². The number of rotatable bonds is 5. The van der Waals surface area contributed by atoms with Crippen molar-refractivity contribution in [2.45, 2.75) is 19.5 Å². The Kier molecular flexibility index (Phi) is 5.30. The summed E-state index contributed by atoms with van der Waals surface area (Å²) in [4.78, 5) is 15.9. The van der Waals surface area contributed by atoms with Gasteiger partial charge in [-0.25, -0.2) is 14.2 Å². The molecule has 0 radical (unpaired) electrons. The molecule has 6 heteroatoms. The minimum absolute atomic E-state index is 0.213. The lowest BCUT2D eigenvalue weighted by molar-refractivity contribution is 0.237. The number of methoxy groups -OCH3 is 1. The number of nitrogens with zero attached hydrogens (tertiary/aromatic N) is 1. The van der Waals surface area contributed by atoms with Crippen LogP contribution in [0.25, 0.3) is 0 Å². The number of carbonyl (C=O) groups excluding carboxylic acids is 1. The third-order valence-corrected chi connectivity index (χ3v) is 3.18. The van der Waals surface area contributed by atoms with E-state index in [1.165, 1.54) is 12.1 Å². The number of hydrogen-bond donors (Lipinski definition) is 2. The minimum atomic E-state index is -0.299. The number of halogens is 1. The summed E-state index contributed by atoms with van der Waals surface area (Å²) in [6, 6.07) is 9.08. The molecular formula is C16H18FN3O2. The lowest BCUT2D eigenvalue weighted by atomic mass is 10.1. The maximum absolute atomic E-state index is 12.9. The topological polar surface area (TPSA) is 63.2 Å². The summed E-state index contributed by atoms with van der Waals surface area (Å²) in [5, 5.41) is 5.53. The fourth-order valence-electron chi connectivity index (χ4n) is 1.90. The number of ether oxygens (including phenoxy) is 1. The Morgan fingerprint density at radius 1 is 1.27 bits per heavy atom. The molecule has 0 spiro atoms. The number of amides is 2. The third-order valence-electron chi connectivity index (χ3n) is 3.18. The molecule has 0 saturated carbocycles. The second-order valence-corrected chi connectivity index (χ2v) is 4.81. The molecule has 2 rings (SSSR count). The summed E-state index contributed by atoms with van der Waals surface area (Å²) in [7, 11) is 1.55. The van der Waals surface area contributed by atoms with Crippen LogP contribution in [0.2, 0.25) is 0 Å². The monoisotopic (exact) mass is 303 g/mol. The van der Waals surface area contributed by atoms with Crippen molar-refractivity contribution in [2.75, 3.05) is 7.11 Å². The number of aromatic nitrogens is 1. The van der Waals surface area contributed by atoms with Crippen LogP contribution >= 0.6 is 0 Å². The molecule has 1 atom stereocenters. The maximum atomic E-state index is 12.9. The van der Waals surface area contributed by atoms with Crippen LogP contribution in [0.5, 0.6) is 5.88 Å². The number of hydrogen-bond acceptors (Lipinski definition) is 3. The van der Waals surface area contributed by atoms with E-state index in [4.69, 9.17) is 4.74 Å². The van der Waals surface area contributed by atoms with Crippen molar-refractivity contribution >= 4 is 6.03 Å². The number of nitrogens with one attached hydrogen (secondary N) is 2. The van der Waals surface area contributed by atoms with E-state index < -0.39 is 0 Å². The van der Waals surface area contributed by atoms with Crippen molar-refractivity contribution < 1.29 is 13.9 Å². The van der Waals surface area contributed by atoms with Gasteiger partial charge in [-0.3, -0.25) is 0 Å². The van der Waals surface area contributed by atoms with Gasteiger partial charge in [-0.05, 0) is 30.2 Å². The highest BCUT2D eigenvalue weighted by molar-refractivity contribution is 5.74. The number of benzene rings is 1. The van der Waals surface area contributed by atoms with Gasteiger partial charge in [0.2, 0.25) is 5.88 Å². The van der Waals surface area contributed by atoms with Gasteiger partial charge in [0.05, 0.1) is 13.2 Å². The van der Waals surface area contributed by atoms with Gasteiger partial charge in [-0.15, -0.1) is 0 Å². The number of urea groups is 1. The van der Waals surface area contributed by atoms with Crippen LogP contribution in [0.4, 0.5) is 9.18 Å². The van der Waals surface area contributed by atoms with E-state index >= 15 is 0 Å². The lowest BCUT2D eigenvalue weighted by Gasteiger charge is -2.15. The van der Waals surface area contributed by atoms with Gasteiger partial charge in [0, 0.05) is 18.8 Å². The van der Waals surface area contributed by atoms with Gasteiger partial charge in [0.25, 0.3) is 0 Å². The van der Waals surface area contributed by atoms with E-state index in [0.29, 0.717) is 12.4 Å². The lowest BCUT2D eigenvalue weighted by Crippen LogP contribution is -2.36. The zero-order valence-corrected chi connectivity index (χ0v) is 12.5. The average molecular weight is 303 g/mol. The van der Waals surface area contributed by atoms with E-state index in [0.717, 1.165) is 11.1 Å². The first-order chi connectivity index (χ1) is 10.6. The second kappa shape index (κ2) is 7.40. The second-order valence-electron chi connectivity index (χ2n) is 4.81. The Balaban J connectivity index is 1.83. The van der Waals surface area contributed by atoms with Crippen LogP contribution in [0, 0.1) is 5.82 Å². The molecule has 2 aromatic rings. The number of carbonyl (C=O) groups is 1. The zero-order chi connectivity index (χ0) is 15.9. The molecule has 0 saturated heterocycles. The van der Waals surface area contributed by atoms with E-state index in [2.05, 4.69) is 15.6 Å². The standard InChI is InChI=1S/C16H18FN3O2/c1-11(13-4-6-14(17)7-5-13)20-16(21)19-10-12-3-8-15(22-2)18-9-12/h3-9,11H,10H2,1-2H3,(H2,19,20,21). The maximum Gasteiger partial charge on any atom is 0.315 e. The first-order valence-corrected chi connectivity index (χ1v) is 6.87. The molecule has 2 amide bonds. The minimum Gasteiger partial charge on any atom is -0.481 e. The molecule has 5 nitrogen and oxygen atoms in total. The summed E-state index contributed by atoms with van der Waals surface area (Å²) in [6.07, 6.45) is 1.64. The SMILES string of the molecule is COc1ccc(CNC(=O)NC(C)c2ccc(F)cc2)cn1. The predicted octanol–water partition coefficient (Wildman–Crippen LogP) is 2.79. The van der Waals surface area contributed by atoms with Crippen molar-refractivity contribution in [2.24, 2.45) is 0 Å². The van der Waals surface area contributed by atoms with E-state index in [1.807, 2.05) is 13.0 Å². The molecule has 0 fully saturated rings. The van der Waals surface area contributed by atoms with E-state index in [-0.39, 0.29) is 17.9 Å². The predicted molar refractivity (Wildman–Crippen MR) is 81.0 cm³/mol. The normalized spacial score (nSPS) is 11.6. The largest absolute Gasteiger partial charge is 0.481 e. The summed E-state index contributed by atoms with van der Waals surface area (Å²) in [5.41, 5.74) is 1.70. The first-order valence-electron chi connectivity index (χ1n) is 6.87. The van der Waals surface area contributed by atoms with Gasteiger partial charge >= 0.3 is 6.03 Å². The molecule has 0 aliphatic carbocycles. The molecular weight excluding hydrogens is 285 g/mol. The number of pyridine rings is 1. The van der Waals surface area contributed by atoms with E-state index in [9.17, 15) is 9.18 Å². The fourth-order valence-corrected chi connectivity index (χ4v) is 1.90. The molecule has 1 heterocycles. The summed E-state index contributed by atoms with van der Waals surface area (Å²) in [6.45, 7) is 2.20.